The van der Waals surface area contributed by atoms with Crippen LogP contribution in [0.4, 0.5) is 5.82 Å². The van der Waals surface area contributed by atoms with E-state index in [9.17, 15) is 5.11 Å². The standard InChI is InChI=1S/C16H21N3O/c1-12-5-4-7-14-15(12)16(18-11-17-14)19-9-3-2-6-13(19)8-10-20/h4-5,7,11,13,20H,2-3,6,8-10H2,1H3. The first-order valence-corrected chi connectivity index (χ1v) is 7.39. The number of hydrogen-bond acceptors (Lipinski definition) is 4. The molecule has 1 aromatic carbocycles. The zero-order chi connectivity index (χ0) is 13.9. The monoisotopic (exact) mass is 271 g/mol. The highest BCUT2D eigenvalue weighted by Gasteiger charge is 2.25. The Morgan fingerprint density at radius 3 is 3.05 bits per heavy atom. The number of aliphatic hydroxyl groups is 1. The van der Waals surface area contributed by atoms with Gasteiger partial charge in [0.1, 0.15) is 12.1 Å². The molecule has 0 spiro atoms. The van der Waals surface area contributed by atoms with Crippen LogP contribution in [0.3, 0.4) is 0 Å². The summed E-state index contributed by atoms with van der Waals surface area (Å²) in [5.74, 6) is 1.03. The molecule has 2 heterocycles. The molecule has 1 aromatic heterocycles. The highest BCUT2D eigenvalue weighted by molar-refractivity contribution is 5.92. The van der Waals surface area contributed by atoms with Crippen molar-refractivity contribution < 1.29 is 5.11 Å². The van der Waals surface area contributed by atoms with Gasteiger partial charge in [0.15, 0.2) is 0 Å². The second-order valence-corrected chi connectivity index (χ2v) is 5.52. The van der Waals surface area contributed by atoms with Crippen molar-refractivity contribution >= 4 is 16.7 Å². The van der Waals surface area contributed by atoms with Gasteiger partial charge in [-0.15, -0.1) is 0 Å². The number of aliphatic hydroxyl groups excluding tert-OH is 1. The van der Waals surface area contributed by atoms with Crippen molar-refractivity contribution in [2.45, 2.75) is 38.6 Å². The van der Waals surface area contributed by atoms with E-state index < -0.39 is 0 Å². The highest BCUT2D eigenvalue weighted by atomic mass is 16.3. The number of rotatable bonds is 3. The van der Waals surface area contributed by atoms with Gasteiger partial charge in [-0.05, 0) is 44.2 Å². The smallest absolute Gasteiger partial charge is 0.140 e. The Labute approximate surface area is 119 Å². The van der Waals surface area contributed by atoms with Gasteiger partial charge in [0, 0.05) is 24.6 Å². The SMILES string of the molecule is Cc1cccc2ncnc(N3CCCCC3CCO)c12. The van der Waals surface area contributed by atoms with Crippen LogP contribution in [0.2, 0.25) is 0 Å². The third-order valence-electron chi connectivity index (χ3n) is 4.21. The summed E-state index contributed by atoms with van der Waals surface area (Å²) < 4.78 is 0. The molecule has 2 aromatic rings. The molecular weight excluding hydrogens is 250 g/mol. The average molecular weight is 271 g/mol. The van der Waals surface area contributed by atoms with Crippen molar-refractivity contribution in [1.82, 2.24) is 9.97 Å². The van der Waals surface area contributed by atoms with E-state index in [4.69, 9.17) is 0 Å². The second-order valence-electron chi connectivity index (χ2n) is 5.52. The van der Waals surface area contributed by atoms with E-state index in [0.717, 1.165) is 36.1 Å². The third-order valence-corrected chi connectivity index (χ3v) is 4.21. The zero-order valence-electron chi connectivity index (χ0n) is 11.9. The minimum Gasteiger partial charge on any atom is -0.396 e. The molecule has 1 N–H and O–H groups in total. The maximum absolute atomic E-state index is 9.29. The molecule has 4 heteroatoms. The maximum Gasteiger partial charge on any atom is 0.140 e. The third kappa shape index (κ3) is 2.36. The summed E-state index contributed by atoms with van der Waals surface area (Å²) in [6.07, 6.45) is 6.04. The molecule has 1 saturated heterocycles. The Bertz CT molecular complexity index is 592. The van der Waals surface area contributed by atoms with Gasteiger partial charge in [-0.3, -0.25) is 0 Å². The van der Waals surface area contributed by atoms with Crippen LogP contribution in [0.25, 0.3) is 10.9 Å². The number of aryl methyl sites for hydroxylation is 1. The summed E-state index contributed by atoms with van der Waals surface area (Å²) in [5.41, 5.74) is 2.22. The Kier molecular flexibility index (Phi) is 3.83. The van der Waals surface area contributed by atoms with Crippen molar-refractivity contribution in [1.29, 1.82) is 0 Å². The maximum atomic E-state index is 9.29. The molecule has 0 aliphatic carbocycles. The van der Waals surface area contributed by atoms with Crippen molar-refractivity contribution in [3.63, 3.8) is 0 Å². The normalized spacial score (nSPS) is 19.5. The number of nitrogens with zero attached hydrogens (tertiary/aromatic N) is 3. The summed E-state index contributed by atoms with van der Waals surface area (Å²) in [6, 6.07) is 6.58. The minimum absolute atomic E-state index is 0.239. The molecule has 1 aliphatic rings. The number of benzene rings is 1. The van der Waals surface area contributed by atoms with Crippen LogP contribution in [0.15, 0.2) is 24.5 Å². The Morgan fingerprint density at radius 1 is 1.30 bits per heavy atom. The first-order chi connectivity index (χ1) is 9.81. The molecule has 1 unspecified atom stereocenters. The fourth-order valence-corrected chi connectivity index (χ4v) is 3.21. The zero-order valence-corrected chi connectivity index (χ0v) is 11.9. The minimum atomic E-state index is 0.239. The predicted molar refractivity (Wildman–Crippen MR) is 81.0 cm³/mol. The van der Waals surface area contributed by atoms with E-state index >= 15 is 0 Å². The average Bonchev–Trinajstić information content (AvgIpc) is 2.48. The van der Waals surface area contributed by atoms with Gasteiger partial charge in [-0.1, -0.05) is 12.1 Å². The van der Waals surface area contributed by atoms with Crippen LogP contribution < -0.4 is 4.90 Å². The summed E-state index contributed by atoms with van der Waals surface area (Å²) in [6.45, 7) is 3.37. The lowest BCUT2D eigenvalue weighted by Gasteiger charge is -2.37. The van der Waals surface area contributed by atoms with E-state index in [-0.39, 0.29) is 6.61 Å². The number of hydrogen-bond donors (Lipinski definition) is 1. The van der Waals surface area contributed by atoms with Crippen LogP contribution in [-0.4, -0.2) is 34.3 Å². The largest absolute Gasteiger partial charge is 0.396 e. The number of aromatic nitrogens is 2. The van der Waals surface area contributed by atoms with E-state index in [1.54, 1.807) is 6.33 Å². The molecule has 0 radical (unpaired) electrons. The topological polar surface area (TPSA) is 49.2 Å². The molecule has 0 amide bonds. The number of fused-ring (bicyclic) bond motifs is 1. The molecule has 1 aliphatic heterocycles. The Hall–Kier alpha value is -1.68. The van der Waals surface area contributed by atoms with Crippen LogP contribution in [0.5, 0.6) is 0 Å². The summed E-state index contributed by atoms with van der Waals surface area (Å²) >= 11 is 0. The van der Waals surface area contributed by atoms with Crippen molar-refractivity contribution in [2.24, 2.45) is 0 Å². The lowest BCUT2D eigenvalue weighted by molar-refractivity contribution is 0.262. The first kappa shape index (κ1) is 13.3. The highest BCUT2D eigenvalue weighted by Crippen LogP contribution is 2.31. The summed E-state index contributed by atoms with van der Waals surface area (Å²) in [4.78, 5) is 11.3. The lowest BCUT2D eigenvalue weighted by atomic mass is 9.98. The van der Waals surface area contributed by atoms with Crippen LogP contribution in [0, 0.1) is 6.92 Å². The molecule has 0 bridgehead atoms. The second kappa shape index (κ2) is 5.75. The summed E-state index contributed by atoms with van der Waals surface area (Å²) in [5, 5.41) is 10.4. The van der Waals surface area contributed by atoms with E-state index in [1.807, 2.05) is 12.1 Å². The van der Waals surface area contributed by atoms with E-state index in [0.29, 0.717) is 6.04 Å². The molecule has 0 saturated carbocycles. The Balaban J connectivity index is 2.08. The van der Waals surface area contributed by atoms with Gasteiger partial charge in [-0.2, -0.15) is 0 Å². The molecule has 3 rings (SSSR count). The molecule has 1 fully saturated rings. The molecule has 20 heavy (non-hydrogen) atoms. The number of piperidine rings is 1. The van der Waals surface area contributed by atoms with Gasteiger partial charge in [0.25, 0.3) is 0 Å². The first-order valence-electron chi connectivity index (χ1n) is 7.39. The summed E-state index contributed by atoms with van der Waals surface area (Å²) in [7, 11) is 0. The molecule has 106 valence electrons. The van der Waals surface area contributed by atoms with Crippen LogP contribution in [-0.2, 0) is 0 Å². The van der Waals surface area contributed by atoms with Crippen molar-refractivity contribution in [3.8, 4) is 0 Å². The quantitative estimate of drug-likeness (QED) is 0.932. The molecular formula is C16H21N3O. The van der Waals surface area contributed by atoms with Gasteiger partial charge in [0.05, 0.1) is 5.52 Å². The predicted octanol–water partition coefficient (Wildman–Crippen LogP) is 2.68. The van der Waals surface area contributed by atoms with E-state index in [2.05, 4.69) is 27.9 Å². The van der Waals surface area contributed by atoms with E-state index in [1.165, 1.54) is 18.4 Å². The van der Waals surface area contributed by atoms with Crippen LogP contribution >= 0.6 is 0 Å². The fourth-order valence-electron chi connectivity index (χ4n) is 3.21. The van der Waals surface area contributed by atoms with Crippen LogP contribution in [0.1, 0.15) is 31.2 Å². The fraction of sp³-hybridized carbons (Fsp3) is 0.500. The Morgan fingerprint density at radius 2 is 2.20 bits per heavy atom. The molecule has 1 atom stereocenters. The van der Waals surface area contributed by atoms with Gasteiger partial charge in [-0.25, -0.2) is 9.97 Å². The number of anilines is 1. The van der Waals surface area contributed by atoms with Crippen molar-refractivity contribution in [3.05, 3.63) is 30.1 Å². The lowest BCUT2D eigenvalue weighted by Crippen LogP contribution is -2.40. The van der Waals surface area contributed by atoms with Gasteiger partial charge in [0.2, 0.25) is 0 Å². The van der Waals surface area contributed by atoms with Gasteiger partial charge >= 0.3 is 0 Å². The molecule has 4 nitrogen and oxygen atoms in total. The van der Waals surface area contributed by atoms with Crippen molar-refractivity contribution in [2.75, 3.05) is 18.1 Å². The van der Waals surface area contributed by atoms with Gasteiger partial charge < -0.3 is 10.0 Å².